The molecule has 0 aliphatic heterocycles. The zero-order valence-corrected chi connectivity index (χ0v) is 16.1. The predicted molar refractivity (Wildman–Crippen MR) is 97.3 cm³/mol. The van der Waals surface area contributed by atoms with Gasteiger partial charge in [-0.25, -0.2) is 8.42 Å². The van der Waals surface area contributed by atoms with Gasteiger partial charge < -0.3 is 5.32 Å². The fourth-order valence-corrected chi connectivity index (χ4v) is 3.22. The van der Waals surface area contributed by atoms with Gasteiger partial charge in [-0.05, 0) is 36.1 Å². The topological polar surface area (TPSA) is 81.1 Å². The number of aryl methyl sites for hydroxylation is 1. The molecule has 0 saturated carbocycles. The molecule has 25 heavy (non-hydrogen) atoms. The Morgan fingerprint density at radius 1 is 1.24 bits per heavy atom. The van der Waals surface area contributed by atoms with Gasteiger partial charge in [0.2, 0.25) is 0 Å². The summed E-state index contributed by atoms with van der Waals surface area (Å²) < 4.78 is 24.7. The fraction of sp³-hybridized carbons (Fsp3) is 0.444. The van der Waals surface area contributed by atoms with E-state index in [9.17, 15) is 13.2 Å². The lowest BCUT2D eigenvalue weighted by molar-refractivity contribution is 0.0926. The second kappa shape index (κ2) is 7.39. The van der Waals surface area contributed by atoms with Crippen LogP contribution in [0.4, 0.5) is 0 Å². The van der Waals surface area contributed by atoms with Crippen molar-refractivity contribution in [2.75, 3.05) is 6.26 Å². The largest absolute Gasteiger partial charge is 0.344 e. The maximum Gasteiger partial charge on any atom is 0.270 e. The van der Waals surface area contributed by atoms with E-state index in [1.165, 1.54) is 6.26 Å². The summed E-state index contributed by atoms with van der Waals surface area (Å²) in [6.07, 6.45) is 1.87. The van der Waals surface area contributed by atoms with Crippen molar-refractivity contribution in [2.45, 2.75) is 44.0 Å². The van der Waals surface area contributed by atoms with Crippen LogP contribution < -0.4 is 5.32 Å². The lowest BCUT2D eigenvalue weighted by atomic mass is 10.0. The van der Waals surface area contributed by atoms with E-state index in [-0.39, 0.29) is 22.8 Å². The van der Waals surface area contributed by atoms with Crippen molar-refractivity contribution in [3.63, 3.8) is 0 Å². The molecule has 0 unspecified atom stereocenters. The molecule has 0 bridgehead atoms. The first kappa shape index (κ1) is 19.2. The molecule has 136 valence electrons. The third kappa shape index (κ3) is 4.48. The van der Waals surface area contributed by atoms with Crippen LogP contribution in [-0.4, -0.2) is 30.4 Å². The molecule has 2 aromatic rings. The number of benzene rings is 1. The van der Waals surface area contributed by atoms with Crippen LogP contribution in [0.2, 0.25) is 0 Å². The number of hydrogen-bond acceptors (Lipinski definition) is 4. The molecule has 1 heterocycles. The number of carbonyl (C=O) groups is 1. The number of nitrogens with one attached hydrogen (secondary N) is 1. The van der Waals surface area contributed by atoms with Gasteiger partial charge in [-0.1, -0.05) is 32.9 Å². The molecule has 0 aliphatic rings. The lowest BCUT2D eigenvalue weighted by Crippen LogP contribution is -2.29. The van der Waals surface area contributed by atoms with Crippen molar-refractivity contribution in [1.29, 1.82) is 0 Å². The molecule has 0 radical (unpaired) electrons. The number of hydrogen-bond donors (Lipinski definition) is 1. The summed E-state index contributed by atoms with van der Waals surface area (Å²) >= 11 is 0. The predicted octanol–water partition coefficient (Wildman–Crippen LogP) is 2.83. The van der Waals surface area contributed by atoms with Crippen LogP contribution in [0.3, 0.4) is 0 Å². The second-order valence-corrected chi connectivity index (χ2v) is 8.52. The van der Waals surface area contributed by atoms with Gasteiger partial charge in [0.1, 0.15) is 5.69 Å². The first-order chi connectivity index (χ1) is 11.6. The van der Waals surface area contributed by atoms with Crippen molar-refractivity contribution >= 4 is 15.7 Å². The zero-order valence-electron chi connectivity index (χ0n) is 15.3. The van der Waals surface area contributed by atoms with Crippen LogP contribution in [-0.2, 0) is 16.9 Å². The summed E-state index contributed by atoms with van der Waals surface area (Å²) in [6.45, 7) is 6.03. The SMILES string of the molecule is CC[C@H](NC(=O)c1cc(C(C)C)nn1C)c1ccc(S(C)(=O)=O)cc1. The Kier molecular flexibility index (Phi) is 5.67. The molecule has 0 fully saturated rings. The summed E-state index contributed by atoms with van der Waals surface area (Å²) in [6, 6.07) is 8.24. The number of sulfone groups is 1. The quantitative estimate of drug-likeness (QED) is 0.856. The van der Waals surface area contributed by atoms with Crippen molar-refractivity contribution in [1.82, 2.24) is 15.1 Å². The third-order valence-corrected chi connectivity index (χ3v) is 5.28. The Balaban J connectivity index is 2.20. The number of aromatic nitrogens is 2. The van der Waals surface area contributed by atoms with Gasteiger partial charge in [0.15, 0.2) is 9.84 Å². The molecule has 1 aromatic heterocycles. The van der Waals surface area contributed by atoms with E-state index in [0.717, 1.165) is 11.3 Å². The van der Waals surface area contributed by atoms with Crippen molar-refractivity contribution in [2.24, 2.45) is 7.05 Å². The van der Waals surface area contributed by atoms with Gasteiger partial charge in [-0.2, -0.15) is 5.10 Å². The minimum absolute atomic E-state index is 0.194. The number of carbonyl (C=O) groups excluding carboxylic acids is 1. The first-order valence-electron chi connectivity index (χ1n) is 8.28. The lowest BCUT2D eigenvalue weighted by Gasteiger charge is -2.17. The molecule has 2 rings (SSSR count). The summed E-state index contributed by atoms with van der Waals surface area (Å²) in [7, 11) is -1.48. The number of rotatable bonds is 6. The maximum atomic E-state index is 12.6. The molecule has 1 atom stereocenters. The minimum atomic E-state index is -3.23. The highest BCUT2D eigenvalue weighted by molar-refractivity contribution is 7.90. The fourth-order valence-electron chi connectivity index (χ4n) is 2.58. The normalized spacial score (nSPS) is 13.0. The molecule has 1 aromatic carbocycles. The average molecular weight is 363 g/mol. The number of nitrogens with zero attached hydrogens (tertiary/aromatic N) is 2. The summed E-state index contributed by atoms with van der Waals surface area (Å²) in [4.78, 5) is 12.9. The van der Waals surface area contributed by atoms with E-state index >= 15 is 0 Å². The van der Waals surface area contributed by atoms with E-state index in [1.807, 2.05) is 20.8 Å². The van der Waals surface area contributed by atoms with E-state index in [0.29, 0.717) is 12.1 Å². The monoisotopic (exact) mass is 363 g/mol. The Hall–Kier alpha value is -2.15. The highest BCUT2D eigenvalue weighted by atomic mass is 32.2. The van der Waals surface area contributed by atoms with Crippen LogP contribution in [0.25, 0.3) is 0 Å². The van der Waals surface area contributed by atoms with Gasteiger partial charge in [0.25, 0.3) is 5.91 Å². The average Bonchev–Trinajstić information content (AvgIpc) is 2.94. The smallest absolute Gasteiger partial charge is 0.270 e. The zero-order chi connectivity index (χ0) is 18.8. The van der Waals surface area contributed by atoms with Crippen LogP contribution >= 0.6 is 0 Å². The van der Waals surface area contributed by atoms with Crippen LogP contribution in [0.15, 0.2) is 35.2 Å². The molecule has 6 nitrogen and oxygen atoms in total. The molecule has 0 saturated heterocycles. The third-order valence-electron chi connectivity index (χ3n) is 4.15. The van der Waals surface area contributed by atoms with Crippen molar-refractivity contribution < 1.29 is 13.2 Å². The van der Waals surface area contributed by atoms with Crippen molar-refractivity contribution in [3.05, 3.63) is 47.3 Å². The highest BCUT2D eigenvalue weighted by Gasteiger charge is 2.19. The number of amides is 1. The highest BCUT2D eigenvalue weighted by Crippen LogP contribution is 2.20. The Morgan fingerprint density at radius 3 is 2.28 bits per heavy atom. The van der Waals surface area contributed by atoms with Crippen LogP contribution in [0, 0.1) is 0 Å². The second-order valence-electron chi connectivity index (χ2n) is 6.51. The Bertz CT molecular complexity index is 852. The van der Waals surface area contributed by atoms with Gasteiger partial charge in [0.05, 0.1) is 16.6 Å². The Morgan fingerprint density at radius 2 is 1.84 bits per heavy atom. The summed E-state index contributed by atoms with van der Waals surface area (Å²) in [5, 5.41) is 7.37. The molecular formula is C18H25N3O3S. The molecule has 1 amide bonds. The molecule has 0 spiro atoms. The van der Waals surface area contributed by atoms with E-state index < -0.39 is 9.84 Å². The van der Waals surface area contributed by atoms with E-state index in [4.69, 9.17) is 0 Å². The molecule has 1 N–H and O–H groups in total. The van der Waals surface area contributed by atoms with Gasteiger partial charge in [-0.15, -0.1) is 0 Å². The minimum Gasteiger partial charge on any atom is -0.344 e. The standard InChI is InChI=1S/C18H25N3O3S/c1-6-15(13-7-9-14(10-8-13)25(5,23)24)19-18(22)17-11-16(12(2)3)20-21(17)4/h7-12,15H,6H2,1-5H3,(H,19,22)/t15-/m0/s1. The molecule has 7 heteroatoms. The van der Waals surface area contributed by atoms with Crippen LogP contribution in [0.1, 0.15) is 60.9 Å². The summed E-state index contributed by atoms with van der Waals surface area (Å²) in [5.41, 5.74) is 2.25. The Labute approximate surface area is 149 Å². The summed E-state index contributed by atoms with van der Waals surface area (Å²) in [5.74, 6) is 0.0548. The van der Waals surface area contributed by atoms with E-state index in [1.54, 1.807) is 42.1 Å². The van der Waals surface area contributed by atoms with E-state index in [2.05, 4.69) is 10.4 Å². The van der Waals surface area contributed by atoms with Gasteiger partial charge in [-0.3, -0.25) is 9.48 Å². The van der Waals surface area contributed by atoms with Gasteiger partial charge in [0, 0.05) is 13.3 Å². The maximum absolute atomic E-state index is 12.6. The molecular weight excluding hydrogens is 338 g/mol. The van der Waals surface area contributed by atoms with Crippen LogP contribution in [0.5, 0.6) is 0 Å². The first-order valence-corrected chi connectivity index (χ1v) is 10.2. The van der Waals surface area contributed by atoms with Gasteiger partial charge >= 0.3 is 0 Å². The molecule has 0 aliphatic carbocycles. The van der Waals surface area contributed by atoms with Crippen molar-refractivity contribution in [3.8, 4) is 0 Å².